The van der Waals surface area contributed by atoms with Crippen molar-refractivity contribution in [3.05, 3.63) is 59.6 Å². The summed E-state index contributed by atoms with van der Waals surface area (Å²) in [5.41, 5.74) is 0.833. The van der Waals surface area contributed by atoms with Crippen molar-refractivity contribution in [2.24, 2.45) is 0 Å². The van der Waals surface area contributed by atoms with Crippen molar-refractivity contribution >= 4 is 6.16 Å². The Bertz CT molecular complexity index is 1130. The van der Waals surface area contributed by atoms with E-state index in [1.165, 1.54) is 50.7 Å². The number of halogens is 2. The first-order chi connectivity index (χ1) is 18.5. The van der Waals surface area contributed by atoms with E-state index in [0.29, 0.717) is 5.76 Å². The number of carbonyl (C=O) groups is 1. The van der Waals surface area contributed by atoms with Crippen LogP contribution in [0.15, 0.2) is 41.1 Å². The first kappa shape index (κ1) is 29.3. The molecule has 0 bridgehead atoms. The van der Waals surface area contributed by atoms with Crippen LogP contribution in [-0.4, -0.2) is 16.1 Å². The molecule has 0 atom stereocenters. The van der Waals surface area contributed by atoms with Crippen molar-refractivity contribution in [1.82, 2.24) is 9.97 Å². The summed E-state index contributed by atoms with van der Waals surface area (Å²) < 4.78 is 44.7. The van der Waals surface area contributed by atoms with Crippen LogP contribution in [0.4, 0.5) is 13.6 Å². The molecule has 0 aliphatic rings. The predicted octanol–water partition coefficient (Wildman–Crippen LogP) is 9.01. The van der Waals surface area contributed by atoms with Gasteiger partial charge in [-0.3, -0.25) is 0 Å². The van der Waals surface area contributed by atoms with Crippen molar-refractivity contribution in [2.45, 2.75) is 97.3 Å². The SMILES string of the molecule is CCCCCCCCCCc1cnc(-c2ccc(OC(=O)Oc3ccc(CCCCC)o3)c(F)c2F)nc1. The molecule has 0 radical (unpaired) electrons. The van der Waals surface area contributed by atoms with Gasteiger partial charge >= 0.3 is 6.16 Å². The molecule has 0 unspecified atom stereocenters. The minimum absolute atomic E-state index is 0.0568. The fourth-order valence-corrected chi connectivity index (χ4v) is 4.16. The number of aryl methyl sites for hydroxylation is 2. The maximum Gasteiger partial charge on any atom is 0.521 e. The van der Waals surface area contributed by atoms with E-state index in [-0.39, 0.29) is 17.3 Å². The van der Waals surface area contributed by atoms with Gasteiger partial charge in [0.05, 0.1) is 5.56 Å². The van der Waals surface area contributed by atoms with Crippen molar-refractivity contribution in [3.8, 4) is 23.1 Å². The van der Waals surface area contributed by atoms with Gasteiger partial charge in [-0.05, 0) is 43.0 Å². The molecule has 0 N–H and O–H groups in total. The molecule has 0 fully saturated rings. The number of carbonyl (C=O) groups excluding carboxylic acids is 1. The largest absolute Gasteiger partial charge is 0.521 e. The second kappa shape index (κ2) is 15.8. The minimum Gasteiger partial charge on any atom is -0.430 e. The van der Waals surface area contributed by atoms with Crippen molar-refractivity contribution in [2.75, 3.05) is 0 Å². The molecule has 206 valence electrons. The maximum atomic E-state index is 14.8. The Kier molecular flexibility index (Phi) is 12.2. The number of furan rings is 1. The van der Waals surface area contributed by atoms with Crippen LogP contribution in [0.3, 0.4) is 0 Å². The molecule has 0 saturated carbocycles. The quantitative estimate of drug-likeness (QED) is 0.105. The molecule has 0 aliphatic heterocycles. The number of hydrogen-bond acceptors (Lipinski definition) is 6. The molecule has 3 aromatic rings. The highest BCUT2D eigenvalue weighted by molar-refractivity contribution is 5.67. The van der Waals surface area contributed by atoms with Crippen molar-refractivity contribution < 1.29 is 27.5 Å². The molecule has 0 aliphatic carbocycles. The van der Waals surface area contributed by atoms with Gasteiger partial charge in [0.25, 0.3) is 5.95 Å². The molecule has 0 saturated heterocycles. The summed E-state index contributed by atoms with van der Waals surface area (Å²) in [5, 5.41) is 0. The highest BCUT2D eigenvalue weighted by Gasteiger charge is 2.21. The third-order valence-corrected chi connectivity index (χ3v) is 6.35. The lowest BCUT2D eigenvalue weighted by Gasteiger charge is -2.08. The lowest BCUT2D eigenvalue weighted by atomic mass is 10.1. The van der Waals surface area contributed by atoms with E-state index in [9.17, 15) is 13.6 Å². The Morgan fingerprint density at radius 1 is 0.763 bits per heavy atom. The van der Waals surface area contributed by atoms with E-state index < -0.39 is 23.5 Å². The van der Waals surface area contributed by atoms with Crippen molar-refractivity contribution in [3.63, 3.8) is 0 Å². The smallest absolute Gasteiger partial charge is 0.430 e. The van der Waals surface area contributed by atoms with Gasteiger partial charge in [-0.1, -0.05) is 71.6 Å². The Morgan fingerprint density at radius 2 is 1.39 bits per heavy atom. The van der Waals surface area contributed by atoms with Gasteiger partial charge < -0.3 is 13.9 Å². The summed E-state index contributed by atoms with van der Waals surface area (Å²) in [6.45, 7) is 4.32. The average Bonchev–Trinajstić information content (AvgIpc) is 3.36. The molecule has 6 nitrogen and oxygen atoms in total. The van der Waals surface area contributed by atoms with E-state index in [1.807, 2.05) is 0 Å². The Balaban J connectivity index is 1.50. The number of unbranched alkanes of at least 4 members (excludes halogenated alkanes) is 9. The molecule has 3 rings (SSSR count). The van der Waals surface area contributed by atoms with Gasteiger partial charge in [0.2, 0.25) is 5.82 Å². The fraction of sp³-hybridized carbons (Fsp3) is 0.500. The van der Waals surface area contributed by atoms with Crippen LogP contribution in [0.25, 0.3) is 11.4 Å². The monoisotopic (exact) mass is 528 g/mol. The Labute approximate surface area is 223 Å². The third-order valence-electron chi connectivity index (χ3n) is 6.35. The zero-order valence-electron chi connectivity index (χ0n) is 22.4. The van der Waals surface area contributed by atoms with E-state index in [0.717, 1.165) is 56.6 Å². The maximum absolute atomic E-state index is 14.8. The van der Waals surface area contributed by atoms with Crippen LogP contribution in [0.5, 0.6) is 11.7 Å². The zero-order valence-corrected chi connectivity index (χ0v) is 22.4. The van der Waals surface area contributed by atoms with Crippen LogP contribution in [-0.2, 0) is 12.8 Å². The molecule has 1 aromatic carbocycles. The summed E-state index contributed by atoms with van der Waals surface area (Å²) in [4.78, 5) is 20.5. The van der Waals surface area contributed by atoms with Gasteiger partial charge in [0, 0.05) is 24.9 Å². The van der Waals surface area contributed by atoms with E-state index in [4.69, 9.17) is 13.9 Å². The van der Waals surface area contributed by atoms with Gasteiger partial charge in [-0.15, -0.1) is 0 Å². The van der Waals surface area contributed by atoms with E-state index in [1.54, 1.807) is 18.5 Å². The molecule has 0 spiro atoms. The molecule has 38 heavy (non-hydrogen) atoms. The van der Waals surface area contributed by atoms with Crippen molar-refractivity contribution in [1.29, 1.82) is 0 Å². The lowest BCUT2D eigenvalue weighted by molar-refractivity contribution is 0.137. The number of ether oxygens (including phenoxy) is 2. The molecule has 2 aromatic heterocycles. The first-order valence-electron chi connectivity index (χ1n) is 13.8. The third kappa shape index (κ3) is 9.23. The summed E-state index contributed by atoms with van der Waals surface area (Å²) in [7, 11) is 0. The summed E-state index contributed by atoms with van der Waals surface area (Å²) >= 11 is 0. The second-order valence-corrected chi connectivity index (χ2v) is 9.51. The van der Waals surface area contributed by atoms with Gasteiger partial charge in [0.1, 0.15) is 5.76 Å². The molecular formula is C30H38F2N2O4. The number of nitrogens with zero attached hydrogens (tertiary/aromatic N) is 2. The topological polar surface area (TPSA) is 74.5 Å². The van der Waals surface area contributed by atoms with Crippen LogP contribution >= 0.6 is 0 Å². The van der Waals surface area contributed by atoms with Crippen LogP contribution in [0.1, 0.15) is 95.8 Å². The summed E-state index contributed by atoms with van der Waals surface area (Å²) in [5.74, 6) is -2.47. The molecule has 8 heteroatoms. The highest BCUT2D eigenvalue weighted by Crippen LogP contribution is 2.29. The van der Waals surface area contributed by atoms with Gasteiger partial charge in [-0.2, -0.15) is 4.39 Å². The highest BCUT2D eigenvalue weighted by atomic mass is 19.2. The van der Waals surface area contributed by atoms with Crippen LogP contribution in [0.2, 0.25) is 0 Å². The van der Waals surface area contributed by atoms with Crippen LogP contribution in [0, 0.1) is 11.6 Å². The molecule has 0 amide bonds. The molecular weight excluding hydrogens is 490 g/mol. The standard InChI is InChI=1S/C30H38F2N2O4/c1-3-5-7-8-9-10-11-13-14-22-20-33-29(34-21-22)24-17-18-25(28(32)27(24)31)37-30(35)38-26-19-16-23(36-26)15-12-6-4-2/h16-21H,3-15H2,1-2H3. The van der Waals surface area contributed by atoms with Gasteiger partial charge in [-0.25, -0.2) is 19.2 Å². The van der Waals surface area contributed by atoms with Gasteiger partial charge in [0.15, 0.2) is 17.4 Å². The Hall–Kier alpha value is -3.29. The second-order valence-electron chi connectivity index (χ2n) is 9.51. The first-order valence-corrected chi connectivity index (χ1v) is 13.8. The molecule has 2 heterocycles. The zero-order chi connectivity index (χ0) is 27.2. The number of benzene rings is 1. The van der Waals surface area contributed by atoms with Crippen LogP contribution < -0.4 is 9.47 Å². The predicted molar refractivity (Wildman–Crippen MR) is 142 cm³/mol. The Morgan fingerprint density at radius 3 is 2.11 bits per heavy atom. The lowest BCUT2D eigenvalue weighted by Crippen LogP contribution is -2.14. The average molecular weight is 529 g/mol. The summed E-state index contributed by atoms with van der Waals surface area (Å²) in [6.07, 6.45) is 16.6. The number of aromatic nitrogens is 2. The minimum atomic E-state index is -1.33. The van der Waals surface area contributed by atoms with E-state index in [2.05, 4.69) is 23.8 Å². The normalized spacial score (nSPS) is 11.1. The number of hydrogen-bond donors (Lipinski definition) is 0. The number of rotatable bonds is 16. The fourth-order valence-electron chi connectivity index (χ4n) is 4.16. The summed E-state index contributed by atoms with van der Waals surface area (Å²) in [6, 6.07) is 5.60. The van der Waals surface area contributed by atoms with E-state index >= 15 is 0 Å².